The lowest BCUT2D eigenvalue weighted by molar-refractivity contribution is -0.133. The Morgan fingerprint density at radius 3 is 2.62 bits per heavy atom. The first kappa shape index (κ1) is 16.2. The van der Waals surface area contributed by atoms with Crippen molar-refractivity contribution in [3.8, 4) is 0 Å². The first-order valence-corrected chi connectivity index (χ1v) is 8.08. The predicted molar refractivity (Wildman–Crippen MR) is 81.6 cm³/mol. The molecule has 0 aliphatic carbocycles. The first-order valence-electron chi connectivity index (χ1n) is 8.08. The number of nitrogens with two attached hydrogens (primary N) is 1. The molecule has 4 N–H and O–H groups in total. The largest absolute Gasteiger partial charge is 0.369 e. The highest BCUT2D eigenvalue weighted by Gasteiger charge is 2.38. The van der Waals surface area contributed by atoms with Crippen LogP contribution < -0.4 is 16.4 Å². The van der Waals surface area contributed by atoms with Crippen LogP contribution in [0.15, 0.2) is 0 Å². The molecule has 0 aromatic rings. The molecule has 2 heterocycles. The van der Waals surface area contributed by atoms with Crippen molar-refractivity contribution in [3.63, 3.8) is 0 Å². The van der Waals surface area contributed by atoms with E-state index >= 15 is 0 Å². The number of nitrogens with zero attached hydrogens (tertiary/aromatic N) is 1. The molecule has 0 bridgehead atoms. The molecule has 6 nitrogen and oxygen atoms in total. The lowest BCUT2D eigenvalue weighted by Gasteiger charge is -2.38. The number of primary amides is 1. The molecule has 1 atom stereocenters. The fourth-order valence-corrected chi connectivity index (χ4v) is 3.42. The van der Waals surface area contributed by atoms with Crippen LogP contribution in [0.4, 0.5) is 0 Å². The zero-order valence-corrected chi connectivity index (χ0v) is 13.0. The molecule has 0 spiro atoms. The van der Waals surface area contributed by atoms with E-state index in [4.69, 9.17) is 5.73 Å². The van der Waals surface area contributed by atoms with Crippen molar-refractivity contribution in [2.75, 3.05) is 32.7 Å². The second-order valence-corrected chi connectivity index (χ2v) is 6.40. The molecule has 0 saturated carbocycles. The molecule has 2 amide bonds. The van der Waals surface area contributed by atoms with Crippen molar-refractivity contribution in [1.29, 1.82) is 0 Å². The van der Waals surface area contributed by atoms with E-state index in [1.54, 1.807) is 0 Å². The van der Waals surface area contributed by atoms with Crippen molar-refractivity contribution in [2.45, 2.75) is 45.1 Å². The quantitative estimate of drug-likeness (QED) is 0.657. The average Bonchev–Trinajstić information content (AvgIpc) is 2.49. The highest BCUT2D eigenvalue weighted by Crippen LogP contribution is 2.30. The van der Waals surface area contributed by atoms with Crippen molar-refractivity contribution >= 4 is 11.8 Å². The summed E-state index contributed by atoms with van der Waals surface area (Å²) in [7, 11) is 0. The molecule has 0 aromatic carbocycles. The SMILES string of the molecule is CCC1(C(=O)NC2CCN(CC(N)=O)CC2)CCCNC1. The minimum Gasteiger partial charge on any atom is -0.369 e. The first-order chi connectivity index (χ1) is 10.1. The molecule has 2 aliphatic rings. The van der Waals surface area contributed by atoms with Crippen molar-refractivity contribution in [2.24, 2.45) is 11.1 Å². The van der Waals surface area contributed by atoms with Crippen LogP contribution in [0.1, 0.15) is 39.0 Å². The van der Waals surface area contributed by atoms with Crippen LogP contribution in [0.25, 0.3) is 0 Å². The third-order valence-electron chi connectivity index (χ3n) is 4.93. The second kappa shape index (κ2) is 7.22. The van der Waals surface area contributed by atoms with Gasteiger partial charge in [0.15, 0.2) is 0 Å². The highest BCUT2D eigenvalue weighted by molar-refractivity contribution is 5.83. The van der Waals surface area contributed by atoms with Gasteiger partial charge in [0.1, 0.15) is 0 Å². The van der Waals surface area contributed by atoms with Gasteiger partial charge in [0.05, 0.1) is 12.0 Å². The molecular weight excluding hydrogens is 268 g/mol. The van der Waals surface area contributed by atoms with E-state index in [1.807, 2.05) is 0 Å². The molecule has 0 aromatic heterocycles. The molecule has 2 fully saturated rings. The molecule has 120 valence electrons. The van der Waals surface area contributed by atoms with Gasteiger partial charge in [0, 0.05) is 25.7 Å². The number of carbonyl (C=O) groups excluding carboxylic acids is 2. The fourth-order valence-electron chi connectivity index (χ4n) is 3.42. The standard InChI is InChI=1S/C15H28N4O2/c1-2-15(6-3-7-17-11-15)14(21)18-12-4-8-19(9-5-12)10-13(16)20/h12,17H,2-11H2,1H3,(H2,16,20)(H,18,21). The van der Waals surface area contributed by atoms with Gasteiger partial charge in [-0.15, -0.1) is 0 Å². The summed E-state index contributed by atoms with van der Waals surface area (Å²) in [6, 6.07) is 0.229. The number of hydrogen-bond acceptors (Lipinski definition) is 4. The molecule has 2 rings (SSSR count). The number of nitrogens with one attached hydrogen (secondary N) is 2. The Bertz CT molecular complexity index is 372. The highest BCUT2D eigenvalue weighted by atomic mass is 16.2. The van der Waals surface area contributed by atoms with E-state index in [9.17, 15) is 9.59 Å². The summed E-state index contributed by atoms with van der Waals surface area (Å²) in [5.41, 5.74) is 4.98. The van der Waals surface area contributed by atoms with E-state index in [-0.39, 0.29) is 23.3 Å². The molecule has 1 unspecified atom stereocenters. The Kier molecular flexibility index (Phi) is 5.58. The molecule has 21 heavy (non-hydrogen) atoms. The maximum absolute atomic E-state index is 12.6. The average molecular weight is 296 g/mol. The van der Waals surface area contributed by atoms with Gasteiger partial charge >= 0.3 is 0 Å². The molecule has 2 aliphatic heterocycles. The Labute approximate surface area is 126 Å². The minimum atomic E-state index is -0.282. The molecule has 6 heteroatoms. The van der Waals surface area contributed by atoms with E-state index in [0.717, 1.165) is 58.3 Å². The summed E-state index contributed by atoms with van der Waals surface area (Å²) in [4.78, 5) is 25.6. The summed E-state index contributed by atoms with van der Waals surface area (Å²) in [6.07, 6.45) is 4.71. The third-order valence-corrected chi connectivity index (χ3v) is 4.93. The van der Waals surface area contributed by atoms with Gasteiger partial charge in [0.2, 0.25) is 11.8 Å². The summed E-state index contributed by atoms with van der Waals surface area (Å²) >= 11 is 0. The number of amides is 2. The zero-order valence-electron chi connectivity index (χ0n) is 13.0. The fraction of sp³-hybridized carbons (Fsp3) is 0.867. The lowest BCUT2D eigenvalue weighted by Crippen LogP contribution is -2.54. The number of piperidine rings is 2. The Hall–Kier alpha value is -1.14. The lowest BCUT2D eigenvalue weighted by atomic mass is 9.77. The van der Waals surface area contributed by atoms with Gasteiger partial charge < -0.3 is 16.4 Å². The van der Waals surface area contributed by atoms with Gasteiger partial charge in [-0.25, -0.2) is 0 Å². The summed E-state index contributed by atoms with van der Waals surface area (Å²) < 4.78 is 0. The van der Waals surface area contributed by atoms with Crippen LogP contribution in [0.3, 0.4) is 0 Å². The smallest absolute Gasteiger partial charge is 0.231 e. The van der Waals surface area contributed by atoms with Crippen molar-refractivity contribution in [3.05, 3.63) is 0 Å². The van der Waals surface area contributed by atoms with Crippen LogP contribution in [-0.4, -0.2) is 55.5 Å². The topological polar surface area (TPSA) is 87.5 Å². The molecule has 0 radical (unpaired) electrons. The van der Waals surface area contributed by atoms with E-state index in [0.29, 0.717) is 6.54 Å². The molecular formula is C15H28N4O2. The normalized spacial score (nSPS) is 28.2. The van der Waals surface area contributed by atoms with Crippen molar-refractivity contribution < 1.29 is 9.59 Å². The van der Waals surface area contributed by atoms with Crippen LogP contribution in [0.5, 0.6) is 0 Å². The van der Waals surface area contributed by atoms with E-state index < -0.39 is 0 Å². The van der Waals surface area contributed by atoms with Crippen LogP contribution in [-0.2, 0) is 9.59 Å². The number of carbonyl (C=O) groups is 2. The predicted octanol–water partition coefficient (Wildman–Crippen LogP) is -0.168. The molecule has 2 saturated heterocycles. The van der Waals surface area contributed by atoms with Gasteiger partial charge in [0.25, 0.3) is 0 Å². The Balaban J connectivity index is 1.82. The summed E-state index contributed by atoms with van der Waals surface area (Å²) in [5.74, 6) is -0.0822. The van der Waals surface area contributed by atoms with Gasteiger partial charge in [-0.3, -0.25) is 14.5 Å². The van der Waals surface area contributed by atoms with Crippen LogP contribution >= 0.6 is 0 Å². The number of hydrogen-bond donors (Lipinski definition) is 3. The number of rotatable bonds is 5. The van der Waals surface area contributed by atoms with Crippen LogP contribution in [0, 0.1) is 5.41 Å². The van der Waals surface area contributed by atoms with Gasteiger partial charge in [-0.1, -0.05) is 6.92 Å². The third kappa shape index (κ3) is 4.17. The van der Waals surface area contributed by atoms with Crippen LogP contribution in [0.2, 0.25) is 0 Å². The summed E-state index contributed by atoms with van der Waals surface area (Å²) in [5, 5.41) is 6.59. The zero-order chi connectivity index (χ0) is 15.3. The Morgan fingerprint density at radius 2 is 2.10 bits per heavy atom. The Morgan fingerprint density at radius 1 is 1.38 bits per heavy atom. The van der Waals surface area contributed by atoms with Gasteiger partial charge in [-0.05, 0) is 38.6 Å². The van der Waals surface area contributed by atoms with E-state index in [2.05, 4.69) is 22.5 Å². The van der Waals surface area contributed by atoms with E-state index in [1.165, 1.54) is 0 Å². The van der Waals surface area contributed by atoms with Gasteiger partial charge in [-0.2, -0.15) is 0 Å². The van der Waals surface area contributed by atoms with Crippen molar-refractivity contribution in [1.82, 2.24) is 15.5 Å². The number of likely N-dealkylation sites (tertiary alicyclic amines) is 1. The maximum Gasteiger partial charge on any atom is 0.231 e. The second-order valence-electron chi connectivity index (χ2n) is 6.40. The minimum absolute atomic E-state index is 0.200. The maximum atomic E-state index is 12.6. The monoisotopic (exact) mass is 296 g/mol. The summed E-state index contributed by atoms with van der Waals surface area (Å²) in [6.45, 7) is 5.87.